The average Bonchev–Trinajstić information content (AvgIpc) is 2.25. The third-order valence-corrected chi connectivity index (χ3v) is 5.00. The molecule has 1 rings (SSSR count). The molecule has 8 heteroatoms. The van der Waals surface area contributed by atoms with Crippen molar-refractivity contribution in [2.24, 2.45) is 0 Å². The van der Waals surface area contributed by atoms with Crippen LogP contribution in [0.2, 0.25) is 0 Å². The molecule has 1 saturated heterocycles. The summed E-state index contributed by atoms with van der Waals surface area (Å²) in [5.74, 6) is -1.05. The Kier molecular flexibility index (Phi) is 4.61. The van der Waals surface area contributed by atoms with Crippen molar-refractivity contribution in [3.63, 3.8) is 0 Å². The van der Waals surface area contributed by atoms with Crippen molar-refractivity contribution in [2.45, 2.75) is 44.8 Å². The maximum absolute atomic E-state index is 12.1. The number of carboxylic acid groups (broad SMARTS) is 1. The topological polar surface area (TPSA) is 95.9 Å². The highest BCUT2D eigenvalue weighted by molar-refractivity contribution is 7.87. The van der Waals surface area contributed by atoms with Crippen LogP contribution in [0.5, 0.6) is 0 Å². The van der Waals surface area contributed by atoms with Gasteiger partial charge in [0.1, 0.15) is 0 Å². The first-order chi connectivity index (χ1) is 8.52. The fourth-order valence-electron chi connectivity index (χ4n) is 2.04. The highest BCUT2D eigenvalue weighted by Crippen LogP contribution is 2.27. The summed E-state index contributed by atoms with van der Waals surface area (Å²) in [5, 5.41) is 9.16. The molecule has 1 aliphatic rings. The van der Waals surface area contributed by atoms with Crippen molar-refractivity contribution in [3.8, 4) is 0 Å². The van der Waals surface area contributed by atoms with Crippen molar-refractivity contribution < 1.29 is 23.1 Å². The van der Waals surface area contributed by atoms with Crippen LogP contribution in [0.15, 0.2) is 0 Å². The molecule has 0 aliphatic carbocycles. The van der Waals surface area contributed by atoms with Gasteiger partial charge >= 0.3 is 5.97 Å². The largest absolute Gasteiger partial charge is 0.479 e. The Morgan fingerprint density at radius 1 is 1.32 bits per heavy atom. The fourth-order valence-corrected chi connectivity index (χ4v) is 3.61. The molecule has 112 valence electrons. The minimum atomic E-state index is -3.59. The van der Waals surface area contributed by atoms with Gasteiger partial charge in [-0.2, -0.15) is 17.4 Å². The summed E-state index contributed by atoms with van der Waals surface area (Å²) in [6.07, 6.45) is 0.285. The van der Waals surface area contributed by atoms with Crippen LogP contribution in [-0.4, -0.2) is 55.1 Å². The molecule has 0 saturated carbocycles. The Bertz CT molecular complexity index is 432. The molecule has 0 bridgehead atoms. The molecule has 19 heavy (non-hydrogen) atoms. The van der Waals surface area contributed by atoms with E-state index in [-0.39, 0.29) is 25.9 Å². The van der Waals surface area contributed by atoms with Crippen molar-refractivity contribution in [1.29, 1.82) is 0 Å². The van der Waals surface area contributed by atoms with E-state index in [1.165, 1.54) is 11.4 Å². The van der Waals surface area contributed by atoms with Gasteiger partial charge < -0.3 is 9.84 Å². The molecule has 7 nitrogen and oxygen atoms in total. The molecule has 0 aromatic heterocycles. The Balaban J connectivity index is 2.76. The van der Waals surface area contributed by atoms with Gasteiger partial charge in [0.15, 0.2) is 5.60 Å². The molecule has 0 aromatic rings. The lowest BCUT2D eigenvalue weighted by Gasteiger charge is -2.38. The number of aliphatic carboxylic acids is 1. The maximum atomic E-state index is 12.1. The number of nitrogens with zero attached hydrogens (tertiary/aromatic N) is 1. The van der Waals surface area contributed by atoms with Gasteiger partial charge in [-0.3, -0.25) is 0 Å². The van der Waals surface area contributed by atoms with Crippen LogP contribution in [0.3, 0.4) is 0 Å². The first-order valence-corrected chi connectivity index (χ1v) is 7.54. The first-order valence-electron chi connectivity index (χ1n) is 6.10. The Morgan fingerprint density at radius 3 is 2.11 bits per heavy atom. The second-order valence-corrected chi connectivity index (χ2v) is 7.43. The summed E-state index contributed by atoms with van der Waals surface area (Å²) in [6.45, 7) is 5.53. The number of piperidine rings is 1. The van der Waals surface area contributed by atoms with Gasteiger partial charge in [0.05, 0.1) is 0 Å². The van der Waals surface area contributed by atoms with Gasteiger partial charge in [-0.15, -0.1) is 0 Å². The highest BCUT2D eigenvalue weighted by atomic mass is 32.2. The van der Waals surface area contributed by atoms with Crippen LogP contribution in [0, 0.1) is 0 Å². The number of hydrogen-bond acceptors (Lipinski definition) is 4. The van der Waals surface area contributed by atoms with E-state index in [9.17, 15) is 13.2 Å². The summed E-state index contributed by atoms with van der Waals surface area (Å²) >= 11 is 0. The number of ether oxygens (including phenoxy) is 1. The molecule has 0 aromatic carbocycles. The Hall–Kier alpha value is -0.700. The SMILES string of the molecule is COC1(C(=O)O)CCN(S(=O)(=O)NC(C)(C)C)CC1. The van der Waals surface area contributed by atoms with Crippen LogP contribution in [-0.2, 0) is 19.7 Å². The predicted molar refractivity (Wildman–Crippen MR) is 70.0 cm³/mol. The van der Waals surface area contributed by atoms with Crippen LogP contribution in [0.4, 0.5) is 0 Å². The van der Waals surface area contributed by atoms with Gasteiger partial charge in [0, 0.05) is 38.6 Å². The van der Waals surface area contributed by atoms with E-state index in [0.29, 0.717) is 0 Å². The zero-order valence-corrected chi connectivity index (χ0v) is 12.6. The Morgan fingerprint density at radius 2 is 1.79 bits per heavy atom. The number of rotatable bonds is 4. The lowest BCUT2D eigenvalue weighted by molar-refractivity contribution is -0.166. The number of carboxylic acids is 1. The van der Waals surface area contributed by atoms with E-state index in [2.05, 4.69) is 4.72 Å². The van der Waals surface area contributed by atoms with E-state index in [1.54, 1.807) is 20.8 Å². The van der Waals surface area contributed by atoms with E-state index in [4.69, 9.17) is 9.84 Å². The van der Waals surface area contributed by atoms with Gasteiger partial charge in [0.25, 0.3) is 10.2 Å². The molecule has 1 aliphatic heterocycles. The number of methoxy groups -OCH3 is 1. The average molecular weight is 294 g/mol. The lowest BCUT2D eigenvalue weighted by Crippen LogP contribution is -2.56. The summed E-state index contributed by atoms with van der Waals surface area (Å²) in [7, 11) is -2.25. The van der Waals surface area contributed by atoms with Gasteiger partial charge in [-0.25, -0.2) is 4.79 Å². The lowest BCUT2D eigenvalue weighted by atomic mass is 9.92. The van der Waals surface area contributed by atoms with E-state index in [1.807, 2.05) is 0 Å². The van der Waals surface area contributed by atoms with Crippen LogP contribution in [0.25, 0.3) is 0 Å². The summed E-state index contributed by atoms with van der Waals surface area (Å²) in [4.78, 5) is 11.2. The Labute approximate surface area is 114 Å². The minimum Gasteiger partial charge on any atom is -0.479 e. The summed E-state index contributed by atoms with van der Waals surface area (Å²) < 4.78 is 33.1. The third kappa shape index (κ3) is 3.88. The van der Waals surface area contributed by atoms with E-state index < -0.39 is 27.3 Å². The van der Waals surface area contributed by atoms with Crippen LogP contribution >= 0.6 is 0 Å². The highest BCUT2D eigenvalue weighted by Gasteiger charge is 2.44. The molecule has 2 N–H and O–H groups in total. The van der Waals surface area contributed by atoms with E-state index in [0.717, 1.165) is 0 Å². The second kappa shape index (κ2) is 5.35. The minimum absolute atomic E-state index is 0.131. The molecule has 0 unspecified atom stereocenters. The normalized spacial score (nSPS) is 21.3. The van der Waals surface area contributed by atoms with Crippen LogP contribution < -0.4 is 4.72 Å². The third-order valence-electron chi connectivity index (χ3n) is 3.09. The molecule has 0 radical (unpaired) electrons. The number of nitrogens with one attached hydrogen (secondary N) is 1. The van der Waals surface area contributed by atoms with Crippen molar-refractivity contribution in [1.82, 2.24) is 9.03 Å². The van der Waals surface area contributed by atoms with Crippen molar-refractivity contribution in [3.05, 3.63) is 0 Å². The predicted octanol–water partition coefficient (Wildman–Crippen LogP) is 0.185. The molecular formula is C11H22N2O5S. The standard InChI is InChI=1S/C11H22N2O5S/c1-10(2,3)12-19(16,17)13-7-5-11(18-4,6-8-13)9(14)15/h12H,5-8H2,1-4H3,(H,14,15). The molecule has 0 atom stereocenters. The second-order valence-electron chi connectivity index (χ2n) is 5.76. The van der Waals surface area contributed by atoms with Gasteiger partial charge in [-0.1, -0.05) is 0 Å². The van der Waals surface area contributed by atoms with Crippen molar-refractivity contribution >= 4 is 16.2 Å². The van der Waals surface area contributed by atoms with Crippen LogP contribution in [0.1, 0.15) is 33.6 Å². The molecule has 0 amide bonds. The maximum Gasteiger partial charge on any atom is 0.336 e. The van der Waals surface area contributed by atoms with E-state index >= 15 is 0 Å². The molecule has 1 heterocycles. The van der Waals surface area contributed by atoms with Gasteiger partial charge in [0.2, 0.25) is 0 Å². The van der Waals surface area contributed by atoms with Crippen molar-refractivity contribution in [2.75, 3.05) is 20.2 Å². The molecular weight excluding hydrogens is 272 g/mol. The zero-order valence-electron chi connectivity index (χ0n) is 11.8. The fraction of sp³-hybridized carbons (Fsp3) is 0.909. The number of hydrogen-bond donors (Lipinski definition) is 2. The molecule has 0 spiro atoms. The zero-order chi connectivity index (χ0) is 14.9. The summed E-state index contributed by atoms with van der Waals surface area (Å²) in [6, 6.07) is 0. The monoisotopic (exact) mass is 294 g/mol. The van der Waals surface area contributed by atoms with Gasteiger partial charge in [-0.05, 0) is 20.8 Å². The first kappa shape index (κ1) is 16.4. The number of carbonyl (C=O) groups is 1. The molecule has 1 fully saturated rings. The quantitative estimate of drug-likeness (QED) is 0.771. The summed E-state index contributed by atoms with van der Waals surface area (Å²) in [5.41, 5.74) is -1.84. The smallest absolute Gasteiger partial charge is 0.336 e.